The van der Waals surface area contributed by atoms with E-state index in [1.807, 2.05) is 0 Å². The lowest BCUT2D eigenvalue weighted by Gasteiger charge is -2.26. The average molecular weight is 298 g/mol. The van der Waals surface area contributed by atoms with Crippen LogP contribution in [0.3, 0.4) is 0 Å². The van der Waals surface area contributed by atoms with Crippen molar-refractivity contribution in [2.24, 2.45) is 0 Å². The van der Waals surface area contributed by atoms with E-state index in [-0.39, 0.29) is 5.75 Å². The van der Waals surface area contributed by atoms with Gasteiger partial charge in [0.05, 0.1) is 11.8 Å². The van der Waals surface area contributed by atoms with Gasteiger partial charge in [0, 0.05) is 0 Å². The summed E-state index contributed by atoms with van der Waals surface area (Å²) in [5.74, 6) is 0.00410. The van der Waals surface area contributed by atoms with E-state index in [0.29, 0.717) is 6.42 Å². The molecule has 2 atom stereocenters. The summed E-state index contributed by atoms with van der Waals surface area (Å²) in [5, 5.41) is 0. The molecule has 0 aliphatic heterocycles. The third-order valence-electron chi connectivity index (χ3n) is 1.93. The maximum Gasteiger partial charge on any atom is 0.212 e. The van der Waals surface area contributed by atoms with Crippen LogP contribution in [-0.2, 0) is 10.0 Å². The van der Waals surface area contributed by atoms with Crippen molar-refractivity contribution in [3.8, 4) is 0 Å². The summed E-state index contributed by atoms with van der Waals surface area (Å²) in [4.78, 5) is 0. The molecule has 1 rings (SSSR count). The number of rotatable bonds is 4. The Labute approximate surface area is 97.6 Å². The van der Waals surface area contributed by atoms with Crippen LogP contribution in [0, 0.1) is 0 Å². The number of sulfonamides is 1. The smallest absolute Gasteiger partial charge is 0.212 e. The molecule has 1 aliphatic carbocycles. The molecule has 0 radical (unpaired) electrons. The maximum atomic E-state index is 13.8. The number of nitrogens with one attached hydrogen (secondary N) is 1. The molecule has 15 heavy (non-hydrogen) atoms. The predicted molar refractivity (Wildman–Crippen MR) is 62.0 cm³/mol. The number of hydrogen-bond acceptors (Lipinski definition) is 2. The monoisotopic (exact) mass is 297 g/mol. The first-order valence-corrected chi connectivity index (χ1v) is 7.06. The third kappa shape index (κ3) is 3.70. The molecular formula is C9H13BrFNO2S. The van der Waals surface area contributed by atoms with Gasteiger partial charge in [-0.3, -0.25) is 0 Å². The Bertz CT molecular complexity index is 376. The van der Waals surface area contributed by atoms with Crippen molar-refractivity contribution in [1.82, 2.24) is 4.72 Å². The molecule has 0 spiro atoms. The van der Waals surface area contributed by atoms with Crippen molar-refractivity contribution < 1.29 is 12.8 Å². The summed E-state index contributed by atoms with van der Waals surface area (Å²) >= 11 is 2.83. The minimum absolute atomic E-state index is 0.00410. The van der Waals surface area contributed by atoms with E-state index >= 15 is 0 Å². The molecule has 0 fully saturated rings. The molecule has 0 amide bonds. The van der Waals surface area contributed by atoms with Crippen molar-refractivity contribution in [3.63, 3.8) is 0 Å². The third-order valence-corrected chi connectivity index (χ3v) is 4.24. The van der Waals surface area contributed by atoms with Gasteiger partial charge < -0.3 is 0 Å². The number of alkyl halides is 2. The summed E-state index contributed by atoms with van der Waals surface area (Å²) in [6.45, 7) is 1.76. The molecule has 3 nitrogen and oxygen atoms in total. The van der Waals surface area contributed by atoms with Gasteiger partial charge in [-0.25, -0.2) is 17.5 Å². The summed E-state index contributed by atoms with van der Waals surface area (Å²) in [6, 6.07) is -0.890. The minimum atomic E-state index is -3.41. The minimum Gasteiger partial charge on any atom is -0.225 e. The van der Waals surface area contributed by atoms with Crippen molar-refractivity contribution in [3.05, 3.63) is 24.3 Å². The Morgan fingerprint density at radius 2 is 2.20 bits per heavy atom. The van der Waals surface area contributed by atoms with Gasteiger partial charge in [0.25, 0.3) is 0 Å². The Kier molecular flexibility index (Phi) is 4.08. The van der Waals surface area contributed by atoms with Crippen LogP contribution in [0.2, 0.25) is 0 Å². The van der Waals surface area contributed by atoms with Gasteiger partial charge in [0.1, 0.15) is 0 Å². The Hall–Kier alpha value is -0.200. The van der Waals surface area contributed by atoms with Crippen molar-refractivity contribution in [1.29, 1.82) is 0 Å². The Balaban J connectivity index is 2.74. The quantitative estimate of drug-likeness (QED) is 0.805. The number of hydrogen-bond donors (Lipinski definition) is 1. The van der Waals surface area contributed by atoms with Gasteiger partial charge >= 0.3 is 0 Å². The van der Waals surface area contributed by atoms with Gasteiger partial charge in [-0.1, -0.05) is 25.2 Å². The summed E-state index contributed by atoms with van der Waals surface area (Å²) in [7, 11) is -3.41. The fourth-order valence-corrected chi connectivity index (χ4v) is 3.09. The van der Waals surface area contributed by atoms with Crippen LogP contribution < -0.4 is 4.72 Å². The molecule has 86 valence electrons. The highest BCUT2D eigenvalue weighted by Gasteiger charge is 2.35. The second-order valence-electron chi connectivity index (χ2n) is 3.33. The predicted octanol–water partition coefficient (Wildman–Crippen LogP) is 1.87. The van der Waals surface area contributed by atoms with Crippen LogP contribution >= 0.6 is 15.9 Å². The van der Waals surface area contributed by atoms with E-state index in [1.54, 1.807) is 13.0 Å². The zero-order valence-electron chi connectivity index (χ0n) is 8.28. The van der Waals surface area contributed by atoms with Crippen LogP contribution in [0.25, 0.3) is 0 Å². The van der Waals surface area contributed by atoms with Crippen molar-refractivity contribution >= 4 is 26.0 Å². The first-order chi connectivity index (χ1) is 6.87. The lowest BCUT2D eigenvalue weighted by Crippen LogP contribution is -2.45. The molecule has 1 N–H and O–H groups in total. The van der Waals surface area contributed by atoms with E-state index in [0.717, 1.165) is 0 Å². The van der Waals surface area contributed by atoms with Crippen molar-refractivity contribution in [2.45, 2.75) is 24.0 Å². The van der Waals surface area contributed by atoms with E-state index in [4.69, 9.17) is 0 Å². The molecule has 0 heterocycles. The largest absolute Gasteiger partial charge is 0.225 e. The molecule has 6 heteroatoms. The fraction of sp³-hybridized carbons (Fsp3) is 0.556. The first kappa shape index (κ1) is 12.9. The highest BCUT2D eigenvalue weighted by molar-refractivity contribution is 9.10. The number of allylic oxidation sites excluding steroid dienone is 2. The molecular weight excluding hydrogens is 285 g/mol. The second kappa shape index (κ2) is 4.76. The van der Waals surface area contributed by atoms with E-state index in [2.05, 4.69) is 20.7 Å². The van der Waals surface area contributed by atoms with E-state index in [9.17, 15) is 12.8 Å². The molecule has 2 unspecified atom stereocenters. The normalized spacial score (nSPS) is 30.7. The van der Waals surface area contributed by atoms with Gasteiger partial charge in [-0.15, -0.1) is 0 Å². The van der Waals surface area contributed by atoms with Crippen LogP contribution in [0.4, 0.5) is 4.39 Å². The molecule has 0 saturated heterocycles. The van der Waals surface area contributed by atoms with Crippen LogP contribution in [0.1, 0.15) is 13.3 Å². The van der Waals surface area contributed by atoms with Crippen LogP contribution in [0.5, 0.6) is 0 Å². The molecule has 1 aliphatic rings. The molecule has 0 aromatic carbocycles. The van der Waals surface area contributed by atoms with E-state index in [1.165, 1.54) is 18.2 Å². The lowest BCUT2D eigenvalue weighted by atomic mass is 10.1. The summed E-state index contributed by atoms with van der Waals surface area (Å²) in [6.07, 6.45) is 6.38. The maximum absolute atomic E-state index is 13.8. The average Bonchev–Trinajstić information content (AvgIpc) is 2.08. The number of halogens is 2. The van der Waals surface area contributed by atoms with Gasteiger partial charge in [0.15, 0.2) is 0 Å². The summed E-state index contributed by atoms with van der Waals surface area (Å²) in [5.41, 5.74) is 0. The van der Waals surface area contributed by atoms with Crippen LogP contribution in [0.15, 0.2) is 24.3 Å². The Morgan fingerprint density at radius 1 is 1.53 bits per heavy atom. The van der Waals surface area contributed by atoms with Crippen LogP contribution in [-0.4, -0.2) is 24.8 Å². The Morgan fingerprint density at radius 3 is 2.73 bits per heavy atom. The van der Waals surface area contributed by atoms with Gasteiger partial charge in [0.2, 0.25) is 14.6 Å². The zero-order chi connectivity index (χ0) is 11.5. The molecule has 0 aromatic heterocycles. The fourth-order valence-electron chi connectivity index (χ4n) is 1.23. The SMILES string of the molecule is CCCS(=O)(=O)NC1C=CC=CC1(F)Br. The zero-order valence-corrected chi connectivity index (χ0v) is 10.7. The molecule has 0 bridgehead atoms. The highest BCUT2D eigenvalue weighted by Crippen LogP contribution is 2.30. The van der Waals surface area contributed by atoms with Gasteiger partial charge in [-0.05, 0) is 28.4 Å². The second-order valence-corrected chi connectivity index (χ2v) is 6.42. The van der Waals surface area contributed by atoms with Gasteiger partial charge in [-0.2, -0.15) is 0 Å². The summed E-state index contributed by atoms with van der Waals surface area (Å²) < 4.78 is 37.1. The molecule has 0 aromatic rings. The topological polar surface area (TPSA) is 46.2 Å². The molecule has 0 saturated carbocycles. The standard InChI is InChI=1S/C9H13BrFNO2S/c1-2-7-15(13,14)12-8-5-3-4-6-9(8,10)11/h3-6,8,12H,2,7H2,1H3. The van der Waals surface area contributed by atoms with E-state index < -0.39 is 20.6 Å². The van der Waals surface area contributed by atoms with Crippen molar-refractivity contribution in [2.75, 3.05) is 5.75 Å². The lowest BCUT2D eigenvalue weighted by molar-refractivity contribution is 0.322. The first-order valence-electron chi connectivity index (χ1n) is 4.61. The highest BCUT2D eigenvalue weighted by atomic mass is 79.9.